The predicted molar refractivity (Wildman–Crippen MR) is 130 cm³/mol. The van der Waals surface area contributed by atoms with Crippen LogP contribution in [-0.4, -0.2) is 61.4 Å². The number of rotatable bonds is 6. The number of aromatic nitrogens is 4. The second-order valence-corrected chi connectivity index (χ2v) is 9.89. The summed E-state index contributed by atoms with van der Waals surface area (Å²) in [6, 6.07) is 14.4. The van der Waals surface area contributed by atoms with Gasteiger partial charge in [0.1, 0.15) is 18.3 Å². The summed E-state index contributed by atoms with van der Waals surface area (Å²) < 4.78 is 13.7. The highest BCUT2D eigenvalue weighted by atomic mass is 16.5. The molecule has 1 saturated heterocycles. The van der Waals surface area contributed by atoms with Crippen molar-refractivity contribution < 1.29 is 14.6 Å². The van der Waals surface area contributed by atoms with E-state index in [1.807, 2.05) is 63.2 Å². The van der Waals surface area contributed by atoms with Crippen LogP contribution in [0.2, 0.25) is 0 Å². The summed E-state index contributed by atoms with van der Waals surface area (Å²) in [6.45, 7) is 7.42. The number of aliphatic hydroxyl groups excluding tert-OH is 1. The average Bonchev–Trinajstić information content (AvgIpc) is 3.42. The molecule has 34 heavy (non-hydrogen) atoms. The lowest BCUT2D eigenvalue weighted by Crippen LogP contribution is -2.31. The molecule has 178 valence electrons. The molecule has 2 unspecified atom stereocenters. The first kappa shape index (κ1) is 22.6. The maximum absolute atomic E-state index is 11.4. The van der Waals surface area contributed by atoms with Crippen LogP contribution in [0.25, 0.3) is 16.4 Å². The second-order valence-electron chi connectivity index (χ2n) is 9.89. The van der Waals surface area contributed by atoms with Crippen molar-refractivity contribution in [3.05, 3.63) is 59.9 Å². The van der Waals surface area contributed by atoms with E-state index in [1.54, 1.807) is 10.7 Å². The largest absolute Gasteiger partial charge is 0.469 e. The molecule has 1 N–H and O–H groups in total. The fraction of sp³-hybridized carbons (Fsp3) is 0.423. The van der Waals surface area contributed by atoms with Gasteiger partial charge in [-0.25, -0.2) is 9.50 Å². The maximum atomic E-state index is 11.4. The van der Waals surface area contributed by atoms with Crippen LogP contribution in [0.4, 0.5) is 0 Å². The van der Waals surface area contributed by atoms with Gasteiger partial charge in [-0.1, -0.05) is 42.5 Å². The van der Waals surface area contributed by atoms with Gasteiger partial charge in [-0.15, -0.1) is 5.10 Å². The lowest BCUT2D eigenvalue weighted by atomic mass is 9.99. The lowest BCUT2D eigenvalue weighted by Gasteiger charge is -2.22. The summed E-state index contributed by atoms with van der Waals surface area (Å²) in [6.07, 6.45) is 2.93. The Kier molecular flexibility index (Phi) is 5.87. The number of aliphatic hydroxyl groups is 1. The van der Waals surface area contributed by atoms with Gasteiger partial charge in [0.25, 0.3) is 5.88 Å². The summed E-state index contributed by atoms with van der Waals surface area (Å²) in [5.74, 6) is 0.327. The van der Waals surface area contributed by atoms with Crippen LogP contribution in [0.1, 0.15) is 51.0 Å². The second kappa shape index (κ2) is 8.85. The number of ether oxygens (including phenoxy) is 2. The quantitative estimate of drug-likeness (QED) is 0.464. The van der Waals surface area contributed by atoms with E-state index in [0.717, 1.165) is 35.7 Å². The van der Waals surface area contributed by atoms with E-state index >= 15 is 0 Å². The van der Waals surface area contributed by atoms with Crippen molar-refractivity contribution in [2.45, 2.75) is 51.4 Å². The van der Waals surface area contributed by atoms with Crippen LogP contribution >= 0.6 is 0 Å². The van der Waals surface area contributed by atoms with E-state index in [2.05, 4.69) is 27.0 Å². The van der Waals surface area contributed by atoms with Gasteiger partial charge in [-0.05, 0) is 63.5 Å². The zero-order valence-corrected chi connectivity index (χ0v) is 20.1. The summed E-state index contributed by atoms with van der Waals surface area (Å²) >= 11 is 0. The van der Waals surface area contributed by atoms with Crippen LogP contribution in [0.5, 0.6) is 11.9 Å². The minimum atomic E-state index is -0.938. The first-order valence-corrected chi connectivity index (χ1v) is 11.7. The topological polar surface area (TPSA) is 85.0 Å². The fourth-order valence-corrected chi connectivity index (χ4v) is 4.47. The molecule has 2 aromatic heterocycles. The molecule has 8 nitrogen and oxygen atoms in total. The highest BCUT2D eigenvalue weighted by Crippen LogP contribution is 2.31. The van der Waals surface area contributed by atoms with Gasteiger partial charge in [0.2, 0.25) is 5.65 Å². The van der Waals surface area contributed by atoms with Gasteiger partial charge in [0.15, 0.2) is 0 Å². The molecule has 0 bridgehead atoms. The molecule has 8 heteroatoms. The highest BCUT2D eigenvalue weighted by Gasteiger charge is 2.26. The van der Waals surface area contributed by atoms with Crippen molar-refractivity contribution in [3.63, 3.8) is 0 Å². The highest BCUT2D eigenvalue weighted by molar-refractivity contribution is 5.86. The number of hydrogen-bond acceptors (Lipinski definition) is 7. The zero-order chi connectivity index (χ0) is 23.9. The number of nitrogens with zero attached hydrogens (tertiary/aromatic N) is 5. The number of hydrogen-bond donors (Lipinski definition) is 1. The molecule has 0 amide bonds. The van der Waals surface area contributed by atoms with E-state index in [4.69, 9.17) is 9.47 Å². The van der Waals surface area contributed by atoms with Crippen molar-refractivity contribution in [1.82, 2.24) is 24.5 Å². The molecule has 0 saturated carbocycles. The van der Waals surface area contributed by atoms with E-state index in [1.165, 1.54) is 0 Å². The molecule has 0 aliphatic carbocycles. The van der Waals surface area contributed by atoms with Crippen molar-refractivity contribution in [2.24, 2.45) is 0 Å². The van der Waals surface area contributed by atoms with Crippen LogP contribution in [0.3, 0.4) is 0 Å². The van der Waals surface area contributed by atoms with Crippen LogP contribution in [0.15, 0.2) is 48.7 Å². The van der Waals surface area contributed by atoms with Crippen LogP contribution < -0.4 is 9.47 Å². The molecule has 2 atom stereocenters. The fourth-order valence-electron chi connectivity index (χ4n) is 4.47. The molecule has 3 heterocycles. The van der Waals surface area contributed by atoms with E-state index in [9.17, 15) is 5.11 Å². The van der Waals surface area contributed by atoms with Crippen molar-refractivity contribution >= 4 is 16.4 Å². The van der Waals surface area contributed by atoms with Crippen molar-refractivity contribution in [1.29, 1.82) is 0 Å². The first-order valence-electron chi connectivity index (χ1n) is 11.7. The molecule has 0 radical (unpaired) electrons. The third-order valence-corrected chi connectivity index (χ3v) is 6.22. The van der Waals surface area contributed by atoms with Crippen LogP contribution in [-0.2, 0) is 0 Å². The van der Waals surface area contributed by atoms with Gasteiger partial charge in [-0.3, -0.25) is 0 Å². The number of fused-ring (bicyclic) bond motifs is 2. The third-order valence-electron chi connectivity index (χ3n) is 6.22. The van der Waals surface area contributed by atoms with Crippen molar-refractivity contribution in [3.8, 4) is 11.9 Å². The number of likely N-dealkylation sites (N-methyl/N-ethyl adjacent to an activating group) is 1. The van der Waals surface area contributed by atoms with E-state index < -0.39 is 11.7 Å². The molecule has 1 aliphatic rings. The Labute approximate surface area is 199 Å². The molecule has 1 aliphatic heterocycles. The zero-order valence-electron chi connectivity index (χ0n) is 20.1. The SMILES string of the molecule is CN1CCCC1COc1nc(OC(C)(C)C)c2ncc(C(O)c3cccc4ccccc34)n2n1. The van der Waals surface area contributed by atoms with Gasteiger partial charge < -0.3 is 19.5 Å². The standard InChI is InChI=1S/C26H31N5O3/c1-26(2,3)34-24-23-27-15-21(22(32)20-13-7-10-17-9-5-6-12-19(17)20)31(23)29-25(28-24)33-16-18-11-8-14-30(18)4/h5-7,9-10,12-13,15,18,22,32H,8,11,14,16H2,1-4H3. The monoisotopic (exact) mass is 461 g/mol. The molecule has 2 aromatic carbocycles. The Hall–Kier alpha value is -3.23. The summed E-state index contributed by atoms with van der Waals surface area (Å²) in [5.41, 5.74) is 1.26. The third kappa shape index (κ3) is 4.43. The molecule has 0 spiro atoms. The van der Waals surface area contributed by atoms with Crippen LogP contribution in [0, 0.1) is 0 Å². The smallest absolute Gasteiger partial charge is 0.337 e. The summed E-state index contributed by atoms with van der Waals surface area (Å²) in [4.78, 5) is 11.3. The number of benzene rings is 2. The molecular weight excluding hydrogens is 430 g/mol. The Balaban J connectivity index is 1.56. The Bertz CT molecular complexity index is 1310. The predicted octanol–water partition coefficient (Wildman–Crippen LogP) is 4.01. The Morgan fingerprint density at radius 3 is 2.71 bits per heavy atom. The number of likely N-dealkylation sites (tertiary alicyclic amines) is 1. The van der Waals surface area contributed by atoms with E-state index in [-0.39, 0.29) is 6.01 Å². The van der Waals surface area contributed by atoms with Gasteiger partial charge in [0, 0.05) is 6.04 Å². The molecule has 1 fully saturated rings. The first-order chi connectivity index (χ1) is 16.3. The Morgan fingerprint density at radius 1 is 1.15 bits per heavy atom. The van der Waals surface area contributed by atoms with Crippen molar-refractivity contribution in [2.75, 3.05) is 20.2 Å². The maximum Gasteiger partial charge on any atom is 0.337 e. The molecule has 5 rings (SSSR count). The summed E-state index contributed by atoms with van der Waals surface area (Å²) in [7, 11) is 2.10. The van der Waals surface area contributed by atoms with Gasteiger partial charge >= 0.3 is 6.01 Å². The minimum Gasteiger partial charge on any atom is -0.469 e. The van der Waals surface area contributed by atoms with Gasteiger partial charge in [0.05, 0.1) is 11.9 Å². The molecule has 4 aromatic rings. The minimum absolute atomic E-state index is 0.205. The molecular formula is C26H31N5O3. The number of imidazole rings is 1. The normalized spacial score (nSPS) is 18.0. The average molecular weight is 462 g/mol. The Morgan fingerprint density at radius 2 is 1.94 bits per heavy atom. The summed E-state index contributed by atoms with van der Waals surface area (Å²) in [5, 5.41) is 18.1. The van der Waals surface area contributed by atoms with Gasteiger partial charge in [-0.2, -0.15) is 4.98 Å². The van der Waals surface area contributed by atoms with E-state index in [0.29, 0.717) is 29.9 Å². The lowest BCUT2D eigenvalue weighted by molar-refractivity contribution is 0.121.